The zero-order valence-corrected chi connectivity index (χ0v) is 18.2. The van der Waals surface area contributed by atoms with E-state index in [-0.39, 0.29) is 23.9 Å². The van der Waals surface area contributed by atoms with E-state index in [1.165, 1.54) is 9.87 Å². The molecule has 6 nitrogen and oxygen atoms in total. The Morgan fingerprint density at radius 3 is 2.17 bits per heavy atom. The molecule has 1 amide bonds. The van der Waals surface area contributed by atoms with Gasteiger partial charge >= 0.3 is 0 Å². The highest BCUT2D eigenvalue weighted by molar-refractivity contribution is 7.89. The first kappa shape index (κ1) is 22.2. The summed E-state index contributed by atoms with van der Waals surface area (Å²) in [7, 11) is -3.67. The quantitative estimate of drug-likeness (QED) is 0.650. The number of benzene rings is 2. The van der Waals surface area contributed by atoms with Gasteiger partial charge in [0.1, 0.15) is 0 Å². The second-order valence-electron chi connectivity index (χ2n) is 7.24. The molecule has 2 aromatic carbocycles. The molecule has 0 bridgehead atoms. The van der Waals surface area contributed by atoms with Gasteiger partial charge in [0, 0.05) is 39.3 Å². The summed E-state index contributed by atoms with van der Waals surface area (Å²) in [5.74, 6) is -0.143. The zero-order chi connectivity index (χ0) is 21.4. The monoisotopic (exact) mass is 427 g/mol. The van der Waals surface area contributed by atoms with Crippen molar-refractivity contribution in [3.05, 3.63) is 72.3 Å². The van der Waals surface area contributed by atoms with Crippen LogP contribution in [0, 0.1) is 0 Å². The highest BCUT2D eigenvalue weighted by atomic mass is 32.2. The van der Waals surface area contributed by atoms with Gasteiger partial charge in [-0.3, -0.25) is 9.69 Å². The van der Waals surface area contributed by atoms with Gasteiger partial charge in [-0.2, -0.15) is 4.31 Å². The number of sulfonamides is 1. The summed E-state index contributed by atoms with van der Waals surface area (Å²) in [4.78, 5) is 17.0. The van der Waals surface area contributed by atoms with Gasteiger partial charge in [0.2, 0.25) is 15.9 Å². The molecule has 0 spiro atoms. The molecule has 30 heavy (non-hydrogen) atoms. The van der Waals surface area contributed by atoms with E-state index in [4.69, 9.17) is 0 Å². The van der Waals surface area contributed by atoms with E-state index in [0.29, 0.717) is 13.1 Å². The standard InChI is InChI=1S/C23H29N3O3S/c1-2-26(30(28,29)22-13-7-4-8-14-22)20-23(27)25-18-16-24(17-19-25)15-9-12-21-10-5-3-6-11-21/h3-14H,2,15-20H2,1H3/b12-9+. The fraction of sp³-hybridized carbons (Fsp3) is 0.348. The van der Waals surface area contributed by atoms with Gasteiger partial charge in [0.15, 0.2) is 0 Å². The Kier molecular flexibility index (Phi) is 7.79. The Hall–Kier alpha value is -2.48. The van der Waals surface area contributed by atoms with E-state index in [2.05, 4.69) is 29.2 Å². The Bertz CT molecular complexity index is 938. The molecule has 7 heteroatoms. The molecule has 0 radical (unpaired) electrons. The molecule has 1 aliphatic heterocycles. The largest absolute Gasteiger partial charge is 0.339 e. The van der Waals surface area contributed by atoms with Gasteiger partial charge in [0.05, 0.1) is 11.4 Å². The highest BCUT2D eigenvalue weighted by Gasteiger charge is 2.28. The van der Waals surface area contributed by atoms with E-state index in [1.54, 1.807) is 42.2 Å². The average Bonchev–Trinajstić information content (AvgIpc) is 2.79. The minimum atomic E-state index is -3.67. The van der Waals surface area contributed by atoms with Crippen LogP contribution in [0.1, 0.15) is 12.5 Å². The molecule has 0 N–H and O–H groups in total. The van der Waals surface area contributed by atoms with Crippen molar-refractivity contribution in [1.82, 2.24) is 14.1 Å². The summed E-state index contributed by atoms with van der Waals surface area (Å²) >= 11 is 0. The van der Waals surface area contributed by atoms with Crippen LogP contribution in [0.25, 0.3) is 6.08 Å². The van der Waals surface area contributed by atoms with Gasteiger partial charge < -0.3 is 4.90 Å². The first-order valence-corrected chi connectivity index (χ1v) is 11.7. The Morgan fingerprint density at radius 1 is 0.967 bits per heavy atom. The number of hydrogen-bond donors (Lipinski definition) is 0. The molecule has 0 saturated carbocycles. The van der Waals surface area contributed by atoms with E-state index >= 15 is 0 Å². The summed E-state index contributed by atoms with van der Waals surface area (Å²) < 4.78 is 26.9. The molecule has 1 heterocycles. The van der Waals surface area contributed by atoms with Crippen molar-refractivity contribution >= 4 is 22.0 Å². The third-order valence-corrected chi connectivity index (χ3v) is 7.18. The van der Waals surface area contributed by atoms with Crippen molar-refractivity contribution in [2.24, 2.45) is 0 Å². The SMILES string of the molecule is CCN(CC(=O)N1CCN(C/C=C/c2ccccc2)CC1)S(=O)(=O)c1ccccc1. The molecular weight excluding hydrogens is 398 g/mol. The molecule has 1 aliphatic rings. The molecule has 1 fully saturated rings. The van der Waals surface area contributed by atoms with Gasteiger partial charge in [-0.25, -0.2) is 8.42 Å². The van der Waals surface area contributed by atoms with Crippen LogP contribution in [-0.4, -0.2) is 74.2 Å². The van der Waals surface area contributed by atoms with Crippen molar-refractivity contribution in [3.63, 3.8) is 0 Å². The lowest BCUT2D eigenvalue weighted by molar-refractivity contribution is -0.133. The first-order valence-electron chi connectivity index (χ1n) is 10.3. The topological polar surface area (TPSA) is 60.9 Å². The van der Waals surface area contributed by atoms with E-state index in [1.807, 2.05) is 18.2 Å². The Balaban J connectivity index is 1.50. The van der Waals surface area contributed by atoms with Crippen LogP contribution in [0.5, 0.6) is 0 Å². The lowest BCUT2D eigenvalue weighted by Crippen LogP contribution is -2.51. The van der Waals surface area contributed by atoms with Gasteiger partial charge in [-0.15, -0.1) is 0 Å². The lowest BCUT2D eigenvalue weighted by Gasteiger charge is -2.35. The average molecular weight is 428 g/mol. The van der Waals surface area contributed by atoms with Gasteiger partial charge in [0.25, 0.3) is 0 Å². The summed E-state index contributed by atoms with van der Waals surface area (Å²) in [6.07, 6.45) is 4.24. The molecular formula is C23H29N3O3S. The van der Waals surface area contributed by atoms with Crippen molar-refractivity contribution in [1.29, 1.82) is 0 Å². The van der Waals surface area contributed by atoms with E-state index < -0.39 is 10.0 Å². The van der Waals surface area contributed by atoms with Crippen LogP contribution in [-0.2, 0) is 14.8 Å². The molecule has 0 aromatic heterocycles. The predicted octanol–water partition coefficient (Wildman–Crippen LogP) is 2.55. The van der Waals surface area contributed by atoms with Crippen LogP contribution in [0.2, 0.25) is 0 Å². The van der Waals surface area contributed by atoms with Crippen LogP contribution in [0.3, 0.4) is 0 Å². The maximum Gasteiger partial charge on any atom is 0.243 e. The summed E-state index contributed by atoms with van der Waals surface area (Å²) in [6, 6.07) is 18.4. The van der Waals surface area contributed by atoms with E-state index in [0.717, 1.165) is 19.6 Å². The van der Waals surface area contributed by atoms with Crippen molar-refractivity contribution in [3.8, 4) is 0 Å². The van der Waals surface area contributed by atoms with E-state index in [9.17, 15) is 13.2 Å². The number of amides is 1. The zero-order valence-electron chi connectivity index (χ0n) is 17.4. The number of carbonyl (C=O) groups excluding carboxylic acids is 1. The maximum atomic E-state index is 12.8. The van der Waals surface area contributed by atoms with Crippen molar-refractivity contribution in [2.75, 3.05) is 45.8 Å². The predicted molar refractivity (Wildman–Crippen MR) is 119 cm³/mol. The molecule has 1 saturated heterocycles. The minimum Gasteiger partial charge on any atom is -0.339 e. The number of likely N-dealkylation sites (N-methyl/N-ethyl adjacent to an activating group) is 1. The Morgan fingerprint density at radius 2 is 1.57 bits per heavy atom. The summed E-state index contributed by atoms with van der Waals surface area (Å²) in [5, 5.41) is 0. The summed E-state index contributed by atoms with van der Waals surface area (Å²) in [6.45, 7) is 5.51. The lowest BCUT2D eigenvalue weighted by atomic mass is 10.2. The first-order chi connectivity index (χ1) is 14.5. The minimum absolute atomic E-state index is 0.123. The molecule has 160 valence electrons. The number of rotatable bonds is 8. The van der Waals surface area contributed by atoms with Gasteiger partial charge in [-0.05, 0) is 17.7 Å². The van der Waals surface area contributed by atoms with Crippen LogP contribution in [0.4, 0.5) is 0 Å². The normalized spacial score (nSPS) is 15.7. The molecule has 3 rings (SSSR count). The molecule has 0 atom stereocenters. The van der Waals surface area contributed by atoms with Crippen molar-refractivity contribution in [2.45, 2.75) is 11.8 Å². The summed E-state index contributed by atoms with van der Waals surface area (Å²) in [5.41, 5.74) is 1.17. The second-order valence-corrected chi connectivity index (χ2v) is 9.18. The van der Waals surface area contributed by atoms with Crippen LogP contribution in [0.15, 0.2) is 71.6 Å². The molecule has 0 unspecified atom stereocenters. The second kappa shape index (κ2) is 10.5. The molecule has 2 aromatic rings. The Labute approximate surface area is 179 Å². The highest BCUT2D eigenvalue weighted by Crippen LogP contribution is 2.15. The third-order valence-electron chi connectivity index (χ3n) is 5.24. The fourth-order valence-electron chi connectivity index (χ4n) is 3.44. The fourth-order valence-corrected chi connectivity index (χ4v) is 4.86. The number of nitrogens with zero attached hydrogens (tertiary/aromatic N) is 3. The number of piperazine rings is 1. The van der Waals surface area contributed by atoms with Crippen molar-refractivity contribution < 1.29 is 13.2 Å². The third kappa shape index (κ3) is 5.78. The number of hydrogen-bond acceptors (Lipinski definition) is 4. The number of carbonyl (C=O) groups is 1. The van der Waals surface area contributed by atoms with Crippen LogP contribution >= 0.6 is 0 Å². The smallest absolute Gasteiger partial charge is 0.243 e. The van der Waals surface area contributed by atoms with Crippen LogP contribution < -0.4 is 0 Å². The maximum absolute atomic E-state index is 12.8. The van der Waals surface area contributed by atoms with Gasteiger partial charge in [-0.1, -0.05) is 67.6 Å². The molecule has 0 aliphatic carbocycles.